The van der Waals surface area contributed by atoms with E-state index in [1.807, 2.05) is 30.3 Å². The minimum Gasteiger partial charge on any atom is -0.382 e. The van der Waals surface area contributed by atoms with Crippen LogP contribution >= 0.6 is 11.8 Å². The van der Waals surface area contributed by atoms with E-state index in [4.69, 9.17) is 0 Å². The molecule has 2 nitrogen and oxygen atoms in total. The second kappa shape index (κ2) is 7.34. The highest BCUT2D eigenvalue weighted by molar-refractivity contribution is 7.98. The fraction of sp³-hybridized carbons (Fsp3) is 0.250. The average Bonchev–Trinajstić information content (AvgIpc) is 2.49. The fourth-order valence-corrected chi connectivity index (χ4v) is 2.39. The molecule has 2 aromatic carbocycles. The maximum Gasteiger partial charge on any atom is 0.128 e. The second-order valence-electron chi connectivity index (χ2n) is 4.50. The zero-order chi connectivity index (χ0) is 13.5. The molecule has 3 N–H and O–H groups in total. The van der Waals surface area contributed by atoms with Crippen LogP contribution in [-0.4, -0.2) is 17.9 Å². The summed E-state index contributed by atoms with van der Waals surface area (Å²) in [5.41, 5.74) is 2.27. The van der Waals surface area contributed by atoms with Crippen LogP contribution in [0.2, 0.25) is 0 Å². The third-order valence-corrected chi connectivity index (χ3v) is 3.86. The molecule has 1 atom stereocenters. The van der Waals surface area contributed by atoms with Gasteiger partial charge in [0.2, 0.25) is 0 Å². The van der Waals surface area contributed by atoms with Crippen molar-refractivity contribution in [2.24, 2.45) is 0 Å². The number of rotatable bonds is 6. The van der Waals surface area contributed by atoms with Gasteiger partial charge < -0.3 is 10.4 Å². The van der Waals surface area contributed by atoms with Gasteiger partial charge in [0.1, 0.15) is 19.2 Å². The number of aliphatic hydroxyl groups is 1. The maximum atomic E-state index is 10.0. The summed E-state index contributed by atoms with van der Waals surface area (Å²) in [6.45, 7) is 1.59. The minimum absolute atomic E-state index is 0.397. The van der Waals surface area contributed by atoms with Crippen molar-refractivity contribution in [3.8, 4) is 0 Å². The first-order valence-corrected chi connectivity index (χ1v) is 7.69. The van der Waals surface area contributed by atoms with Crippen LogP contribution in [-0.2, 0) is 6.54 Å². The van der Waals surface area contributed by atoms with Gasteiger partial charge in [0.15, 0.2) is 0 Å². The lowest BCUT2D eigenvalue weighted by atomic mass is 10.1. The third kappa shape index (κ3) is 4.39. The van der Waals surface area contributed by atoms with Crippen LogP contribution in [0.4, 0.5) is 0 Å². The van der Waals surface area contributed by atoms with Crippen molar-refractivity contribution in [2.75, 3.05) is 12.8 Å². The van der Waals surface area contributed by atoms with Crippen LogP contribution in [0.3, 0.4) is 0 Å². The van der Waals surface area contributed by atoms with Crippen molar-refractivity contribution >= 4 is 11.8 Å². The first kappa shape index (κ1) is 14.1. The highest BCUT2D eigenvalue weighted by atomic mass is 32.2. The number of hydrogen-bond acceptors (Lipinski definition) is 2. The van der Waals surface area contributed by atoms with Crippen molar-refractivity contribution in [3.63, 3.8) is 0 Å². The lowest BCUT2D eigenvalue weighted by molar-refractivity contribution is -0.677. The summed E-state index contributed by atoms with van der Waals surface area (Å²) in [7, 11) is 0. The number of hydrogen-bond donors (Lipinski definition) is 2. The molecule has 19 heavy (non-hydrogen) atoms. The Balaban J connectivity index is 1.79. The molecule has 100 valence electrons. The van der Waals surface area contributed by atoms with Crippen LogP contribution in [0.15, 0.2) is 59.5 Å². The van der Waals surface area contributed by atoms with Crippen molar-refractivity contribution < 1.29 is 10.4 Å². The lowest BCUT2D eigenvalue weighted by Gasteiger charge is -2.09. The molecule has 0 bridgehead atoms. The molecular weight excluding hydrogens is 254 g/mol. The second-order valence-corrected chi connectivity index (χ2v) is 5.38. The number of aliphatic hydroxyl groups excluding tert-OH is 1. The smallest absolute Gasteiger partial charge is 0.128 e. The lowest BCUT2D eigenvalue weighted by Crippen LogP contribution is -2.83. The molecule has 0 spiro atoms. The first-order chi connectivity index (χ1) is 9.29. The fourth-order valence-electron chi connectivity index (χ4n) is 1.98. The van der Waals surface area contributed by atoms with E-state index in [0.29, 0.717) is 6.54 Å². The largest absolute Gasteiger partial charge is 0.382 e. The highest BCUT2D eigenvalue weighted by Gasteiger charge is 2.08. The summed E-state index contributed by atoms with van der Waals surface area (Å²) < 4.78 is 0. The van der Waals surface area contributed by atoms with Gasteiger partial charge in [-0.1, -0.05) is 42.5 Å². The molecule has 0 saturated heterocycles. The van der Waals surface area contributed by atoms with Gasteiger partial charge in [-0.25, -0.2) is 0 Å². The molecule has 0 fully saturated rings. The zero-order valence-corrected chi connectivity index (χ0v) is 11.9. The predicted octanol–water partition coefficient (Wildman–Crippen LogP) is 2.21. The first-order valence-electron chi connectivity index (χ1n) is 6.47. The van der Waals surface area contributed by atoms with Crippen molar-refractivity contribution in [2.45, 2.75) is 17.5 Å². The summed E-state index contributed by atoms with van der Waals surface area (Å²) in [6.07, 6.45) is 1.68. The molecule has 0 aliphatic rings. The van der Waals surface area contributed by atoms with E-state index in [1.165, 1.54) is 10.5 Å². The molecule has 0 heterocycles. The Kier molecular flexibility index (Phi) is 5.45. The van der Waals surface area contributed by atoms with Gasteiger partial charge in [0.05, 0.1) is 0 Å². The van der Waals surface area contributed by atoms with Crippen LogP contribution in [0.25, 0.3) is 0 Å². The number of thioether (sulfide) groups is 1. The Labute approximate surface area is 118 Å². The van der Waals surface area contributed by atoms with Crippen LogP contribution in [0.1, 0.15) is 17.2 Å². The SMILES string of the molecule is CSc1ccc(C[NH2+]C[C@H](O)c2ccccc2)cc1. The summed E-state index contributed by atoms with van der Waals surface area (Å²) in [4.78, 5) is 1.29. The van der Waals surface area contributed by atoms with E-state index in [0.717, 1.165) is 12.1 Å². The standard InChI is InChI=1S/C16H19NOS/c1-19-15-9-7-13(8-10-15)11-17-12-16(18)14-5-3-2-4-6-14/h2-10,16-18H,11-12H2,1H3/p+1/t16-/m0/s1. The Bertz CT molecular complexity index is 484. The van der Waals surface area contributed by atoms with Gasteiger partial charge in [-0.15, -0.1) is 11.8 Å². The molecular formula is C16H20NOS+. The van der Waals surface area contributed by atoms with E-state index >= 15 is 0 Å². The van der Waals surface area contributed by atoms with Gasteiger partial charge in [0.25, 0.3) is 0 Å². The van der Waals surface area contributed by atoms with Crippen LogP contribution < -0.4 is 5.32 Å². The number of nitrogens with two attached hydrogens (primary N) is 1. The van der Waals surface area contributed by atoms with Crippen molar-refractivity contribution in [1.82, 2.24) is 0 Å². The average molecular weight is 274 g/mol. The Morgan fingerprint density at radius 2 is 1.74 bits per heavy atom. The molecule has 3 heteroatoms. The zero-order valence-electron chi connectivity index (χ0n) is 11.1. The van der Waals surface area contributed by atoms with E-state index < -0.39 is 6.10 Å². The van der Waals surface area contributed by atoms with Crippen molar-refractivity contribution in [1.29, 1.82) is 0 Å². The maximum absolute atomic E-state index is 10.0. The molecule has 0 radical (unpaired) electrons. The molecule has 0 aliphatic carbocycles. The number of quaternary nitrogens is 1. The molecule has 2 rings (SSSR count). The molecule has 2 aromatic rings. The van der Waals surface area contributed by atoms with Gasteiger partial charge in [-0.2, -0.15) is 0 Å². The monoisotopic (exact) mass is 274 g/mol. The van der Waals surface area contributed by atoms with Gasteiger partial charge in [-0.05, 0) is 24.0 Å². The van der Waals surface area contributed by atoms with Crippen LogP contribution in [0.5, 0.6) is 0 Å². The normalized spacial score (nSPS) is 12.3. The van der Waals surface area contributed by atoms with Crippen molar-refractivity contribution in [3.05, 3.63) is 65.7 Å². The van der Waals surface area contributed by atoms with Gasteiger partial charge in [0, 0.05) is 10.5 Å². The minimum atomic E-state index is -0.397. The Morgan fingerprint density at radius 1 is 1.05 bits per heavy atom. The van der Waals surface area contributed by atoms with E-state index in [2.05, 4.69) is 35.8 Å². The summed E-state index contributed by atoms with van der Waals surface area (Å²) in [5.74, 6) is 0. The molecule has 0 unspecified atom stereocenters. The topological polar surface area (TPSA) is 36.8 Å². The highest BCUT2D eigenvalue weighted by Crippen LogP contribution is 2.14. The Hall–Kier alpha value is -1.29. The number of benzene rings is 2. The van der Waals surface area contributed by atoms with Gasteiger partial charge >= 0.3 is 0 Å². The van der Waals surface area contributed by atoms with E-state index in [-0.39, 0.29) is 0 Å². The molecule has 0 saturated carbocycles. The molecule has 0 aromatic heterocycles. The molecule has 0 amide bonds. The van der Waals surface area contributed by atoms with E-state index in [1.54, 1.807) is 11.8 Å². The van der Waals surface area contributed by atoms with E-state index in [9.17, 15) is 5.11 Å². The third-order valence-electron chi connectivity index (χ3n) is 3.11. The summed E-state index contributed by atoms with van der Waals surface area (Å²) in [5, 5.41) is 12.2. The quantitative estimate of drug-likeness (QED) is 0.792. The van der Waals surface area contributed by atoms with Crippen LogP contribution in [0, 0.1) is 0 Å². The molecule has 0 aliphatic heterocycles. The van der Waals surface area contributed by atoms with Gasteiger partial charge in [-0.3, -0.25) is 0 Å². The summed E-state index contributed by atoms with van der Waals surface area (Å²) in [6, 6.07) is 18.4. The Morgan fingerprint density at radius 3 is 2.37 bits per heavy atom. The summed E-state index contributed by atoms with van der Waals surface area (Å²) >= 11 is 1.75. The predicted molar refractivity (Wildman–Crippen MR) is 80.1 cm³/mol.